The Kier molecular flexibility index (Phi) is 27.2. The van der Waals surface area contributed by atoms with Gasteiger partial charge in [-0.15, -0.1) is 0 Å². The second-order valence-electron chi connectivity index (χ2n) is 15.7. The van der Waals surface area contributed by atoms with Crippen LogP contribution in [0.5, 0.6) is 0 Å². The second kappa shape index (κ2) is 29.8. The molecule has 0 aliphatic heterocycles. The van der Waals surface area contributed by atoms with Crippen LogP contribution in [0, 0.1) is 0 Å². The number of carbonyl (C=O) groups excluding carboxylic acids is 4. The zero-order valence-corrected chi connectivity index (χ0v) is 35.4. The van der Waals surface area contributed by atoms with Crippen molar-refractivity contribution in [3.63, 3.8) is 0 Å². The Morgan fingerprint density at radius 2 is 0.581 bits per heavy atom. The zero-order chi connectivity index (χ0) is 46.7. The maximum absolute atomic E-state index is 12.9. The summed E-state index contributed by atoms with van der Waals surface area (Å²) in [5, 5.41) is 126. The molecule has 0 aromatic heterocycles. The standard InChI is InChI=1S/C39H71N7O16/c47-19-36(20-48,21-49)40-32(59)6-10-44(11-7-33(60)41-37(22-50,23-51)24-52)14-16-46(18-31-4-2-1-3-5-31)17-15-45(12-8-34(61)42-38(25-53,26-54)27-55)13-9-35(62)43-39(28-56,29-57)30-58/h1-5,47-58H,6-30H2,(H,40,59)(H,41,60)(H,42,61)(H,43,62). The van der Waals surface area contributed by atoms with E-state index in [0.717, 1.165) is 5.56 Å². The minimum Gasteiger partial charge on any atom is -0.394 e. The lowest BCUT2D eigenvalue weighted by atomic mass is 10.0. The van der Waals surface area contributed by atoms with Gasteiger partial charge < -0.3 is 92.3 Å². The third-order valence-electron chi connectivity index (χ3n) is 10.6. The van der Waals surface area contributed by atoms with Gasteiger partial charge in [-0.1, -0.05) is 30.3 Å². The molecular formula is C39H71N7O16. The summed E-state index contributed by atoms with van der Waals surface area (Å²) in [6.45, 7) is -6.99. The summed E-state index contributed by atoms with van der Waals surface area (Å²) in [6, 6.07) is 9.37. The molecule has 0 saturated heterocycles. The van der Waals surface area contributed by atoms with Gasteiger partial charge in [-0.05, 0) is 5.56 Å². The van der Waals surface area contributed by atoms with Crippen molar-refractivity contribution in [2.75, 3.05) is 132 Å². The Morgan fingerprint density at radius 3 is 0.806 bits per heavy atom. The van der Waals surface area contributed by atoms with Gasteiger partial charge in [0.05, 0.1) is 79.3 Å². The van der Waals surface area contributed by atoms with E-state index in [-0.39, 0.29) is 65.0 Å². The van der Waals surface area contributed by atoms with Crippen LogP contribution in [0.3, 0.4) is 0 Å². The van der Waals surface area contributed by atoms with Gasteiger partial charge in [0, 0.05) is 84.6 Å². The van der Waals surface area contributed by atoms with Gasteiger partial charge in [0.1, 0.15) is 22.2 Å². The van der Waals surface area contributed by atoms with E-state index in [2.05, 4.69) is 21.3 Å². The molecule has 0 fully saturated rings. The van der Waals surface area contributed by atoms with Crippen molar-refractivity contribution in [1.29, 1.82) is 0 Å². The fourth-order valence-corrected chi connectivity index (χ4v) is 5.89. The summed E-state index contributed by atoms with van der Waals surface area (Å²) >= 11 is 0. The highest BCUT2D eigenvalue weighted by Crippen LogP contribution is 2.10. The number of hydrogen-bond donors (Lipinski definition) is 16. The van der Waals surface area contributed by atoms with Crippen LogP contribution in [-0.4, -0.2) is 253 Å². The van der Waals surface area contributed by atoms with Gasteiger partial charge >= 0.3 is 0 Å². The average molecular weight is 894 g/mol. The molecule has 62 heavy (non-hydrogen) atoms. The first-order valence-corrected chi connectivity index (χ1v) is 20.4. The predicted octanol–water partition coefficient (Wildman–Crippen LogP) is -8.02. The highest BCUT2D eigenvalue weighted by Gasteiger charge is 2.33. The Hall–Kier alpha value is -3.50. The topological polar surface area (TPSA) is 369 Å². The quantitative estimate of drug-likeness (QED) is 0.0297. The van der Waals surface area contributed by atoms with Crippen molar-refractivity contribution in [2.45, 2.75) is 54.4 Å². The number of hydrogen-bond acceptors (Lipinski definition) is 19. The van der Waals surface area contributed by atoms with Gasteiger partial charge in [-0.3, -0.25) is 24.1 Å². The Morgan fingerprint density at radius 1 is 0.355 bits per heavy atom. The number of carbonyl (C=O) groups is 4. The first-order chi connectivity index (χ1) is 29.6. The van der Waals surface area contributed by atoms with Gasteiger partial charge in [0.15, 0.2) is 0 Å². The normalized spacial score (nSPS) is 12.6. The van der Waals surface area contributed by atoms with Crippen LogP contribution in [0.4, 0.5) is 0 Å². The molecule has 1 aromatic carbocycles. The Labute approximate surface area is 361 Å². The largest absolute Gasteiger partial charge is 0.394 e. The molecular weight excluding hydrogens is 822 g/mol. The van der Waals surface area contributed by atoms with E-state index in [1.165, 1.54) is 0 Å². The molecule has 4 amide bonds. The minimum absolute atomic E-state index is 0.0617. The molecule has 0 atom stereocenters. The maximum Gasteiger partial charge on any atom is 0.221 e. The summed E-state index contributed by atoms with van der Waals surface area (Å²) in [6.07, 6.45) is -0.714. The highest BCUT2D eigenvalue weighted by atomic mass is 16.3. The van der Waals surface area contributed by atoms with Gasteiger partial charge in [0.25, 0.3) is 0 Å². The van der Waals surface area contributed by atoms with E-state index >= 15 is 0 Å². The van der Waals surface area contributed by atoms with Crippen LogP contribution in [0.1, 0.15) is 31.2 Å². The fraction of sp³-hybridized carbons (Fsp3) is 0.744. The van der Waals surface area contributed by atoms with E-state index in [9.17, 15) is 80.5 Å². The minimum atomic E-state index is -1.66. The summed E-state index contributed by atoms with van der Waals surface area (Å²) in [7, 11) is 0. The van der Waals surface area contributed by atoms with Crippen LogP contribution in [0.15, 0.2) is 30.3 Å². The van der Waals surface area contributed by atoms with Gasteiger partial charge in [-0.2, -0.15) is 0 Å². The van der Waals surface area contributed by atoms with Crippen LogP contribution >= 0.6 is 0 Å². The molecule has 1 aromatic rings. The first kappa shape index (κ1) is 56.5. The smallest absolute Gasteiger partial charge is 0.221 e. The molecule has 0 bridgehead atoms. The summed E-state index contributed by atoms with van der Waals surface area (Å²) in [5.74, 6) is -2.43. The van der Waals surface area contributed by atoms with Crippen LogP contribution in [-0.2, 0) is 25.7 Å². The molecule has 1 rings (SSSR count). The molecule has 16 N–H and O–H groups in total. The summed E-state index contributed by atoms with van der Waals surface area (Å²) in [5.41, 5.74) is -5.73. The maximum atomic E-state index is 12.9. The monoisotopic (exact) mass is 893 g/mol. The first-order valence-electron chi connectivity index (χ1n) is 20.4. The molecule has 23 heteroatoms. The highest BCUT2D eigenvalue weighted by molar-refractivity contribution is 5.78. The van der Waals surface area contributed by atoms with Crippen molar-refractivity contribution in [3.8, 4) is 0 Å². The van der Waals surface area contributed by atoms with E-state index in [1.54, 1.807) is 9.80 Å². The number of aliphatic hydroxyl groups excluding tert-OH is 12. The predicted molar refractivity (Wildman–Crippen MR) is 222 cm³/mol. The van der Waals surface area contributed by atoms with E-state index in [1.807, 2.05) is 35.2 Å². The lowest BCUT2D eigenvalue weighted by Crippen LogP contribution is -2.57. The Balaban J connectivity index is 3.36. The molecule has 0 saturated carbocycles. The molecule has 23 nitrogen and oxygen atoms in total. The Bertz CT molecular complexity index is 1220. The molecule has 0 unspecified atom stereocenters. The number of benzene rings is 1. The van der Waals surface area contributed by atoms with Crippen LogP contribution < -0.4 is 21.3 Å². The van der Waals surface area contributed by atoms with E-state index in [0.29, 0.717) is 19.6 Å². The lowest BCUT2D eigenvalue weighted by molar-refractivity contribution is -0.127. The fourth-order valence-electron chi connectivity index (χ4n) is 5.89. The summed E-state index contributed by atoms with van der Waals surface area (Å²) < 4.78 is 0. The van der Waals surface area contributed by atoms with Crippen LogP contribution in [0.2, 0.25) is 0 Å². The SMILES string of the molecule is O=C(CCN(CCC(=O)NC(CO)(CO)CO)CCN(CCN(CCC(=O)NC(CO)(CO)CO)CCC(=O)NC(CO)(CO)CO)Cc1ccccc1)NC(CO)(CO)CO. The van der Waals surface area contributed by atoms with Crippen molar-refractivity contribution in [3.05, 3.63) is 35.9 Å². The molecule has 0 heterocycles. The van der Waals surface area contributed by atoms with Crippen molar-refractivity contribution in [1.82, 2.24) is 36.0 Å². The number of rotatable bonds is 36. The van der Waals surface area contributed by atoms with E-state index < -0.39 is 125 Å². The van der Waals surface area contributed by atoms with Crippen molar-refractivity contribution in [2.24, 2.45) is 0 Å². The van der Waals surface area contributed by atoms with Gasteiger partial charge in [-0.25, -0.2) is 0 Å². The molecule has 358 valence electrons. The third kappa shape index (κ3) is 19.5. The summed E-state index contributed by atoms with van der Waals surface area (Å²) in [4.78, 5) is 57.3. The average Bonchev–Trinajstić information content (AvgIpc) is 3.30. The molecule has 0 spiro atoms. The number of amides is 4. The van der Waals surface area contributed by atoms with Gasteiger partial charge in [0.2, 0.25) is 23.6 Å². The number of aliphatic hydroxyl groups is 12. The zero-order valence-electron chi connectivity index (χ0n) is 35.4. The molecule has 0 aliphatic carbocycles. The van der Waals surface area contributed by atoms with Crippen LogP contribution in [0.25, 0.3) is 0 Å². The second-order valence-corrected chi connectivity index (χ2v) is 15.7. The van der Waals surface area contributed by atoms with E-state index in [4.69, 9.17) is 0 Å². The lowest BCUT2D eigenvalue weighted by Gasteiger charge is -2.32. The number of nitrogens with zero attached hydrogens (tertiary/aromatic N) is 3. The molecule has 0 radical (unpaired) electrons. The van der Waals surface area contributed by atoms with Crippen molar-refractivity contribution < 1.29 is 80.5 Å². The molecule has 0 aliphatic rings. The van der Waals surface area contributed by atoms with Crippen molar-refractivity contribution >= 4 is 23.6 Å². The third-order valence-corrected chi connectivity index (χ3v) is 10.6. The number of nitrogens with one attached hydrogen (secondary N) is 4.